The molecule has 4 nitrogen and oxygen atoms in total. The number of amides is 1. The molecule has 0 radical (unpaired) electrons. The number of carbonyl (C=O) groups is 1. The molecule has 1 saturated carbocycles. The third-order valence-electron chi connectivity index (χ3n) is 4.12. The van der Waals surface area contributed by atoms with Gasteiger partial charge in [-0.05, 0) is 36.1 Å². The van der Waals surface area contributed by atoms with Crippen molar-refractivity contribution >= 4 is 38.3 Å². The zero-order valence-electron chi connectivity index (χ0n) is 12.9. The summed E-state index contributed by atoms with van der Waals surface area (Å²) < 4.78 is 14.1. The van der Waals surface area contributed by atoms with Crippen molar-refractivity contribution in [2.75, 3.05) is 5.32 Å². The van der Waals surface area contributed by atoms with Crippen molar-refractivity contribution in [3.8, 4) is 10.6 Å². The maximum atomic E-state index is 13.5. The summed E-state index contributed by atoms with van der Waals surface area (Å²) in [6.07, 6.45) is 0.846. The summed E-state index contributed by atoms with van der Waals surface area (Å²) in [5.74, 6) is -0.156. The van der Waals surface area contributed by atoms with E-state index < -0.39 is 0 Å². The van der Waals surface area contributed by atoms with Crippen molar-refractivity contribution < 1.29 is 9.18 Å². The highest BCUT2D eigenvalue weighted by molar-refractivity contribution is 9.10. The van der Waals surface area contributed by atoms with Gasteiger partial charge >= 0.3 is 0 Å². The van der Waals surface area contributed by atoms with Crippen LogP contribution >= 0.6 is 27.3 Å². The van der Waals surface area contributed by atoms with Crippen molar-refractivity contribution in [3.63, 3.8) is 0 Å². The van der Waals surface area contributed by atoms with Gasteiger partial charge in [0.2, 0.25) is 11.0 Å². The molecule has 1 aliphatic carbocycles. The summed E-state index contributed by atoms with van der Waals surface area (Å²) in [7, 11) is 0. The molecule has 0 saturated heterocycles. The lowest BCUT2D eigenvalue weighted by molar-refractivity contribution is -0.117. The Morgan fingerprint density at radius 3 is 2.76 bits per heavy atom. The summed E-state index contributed by atoms with van der Waals surface area (Å²) in [5.41, 5.74) is 1.81. The molecule has 0 bridgehead atoms. The first-order valence-electron chi connectivity index (χ1n) is 7.76. The summed E-state index contributed by atoms with van der Waals surface area (Å²) in [5, 5.41) is 11.9. The van der Waals surface area contributed by atoms with E-state index in [4.69, 9.17) is 0 Å². The molecular formula is C18H13BrFN3OS. The van der Waals surface area contributed by atoms with Crippen LogP contribution < -0.4 is 5.32 Å². The molecule has 25 heavy (non-hydrogen) atoms. The van der Waals surface area contributed by atoms with Gasteiger partial charge in [-0.1, -0.05) is 57.6 Å². The van der Waals surface area contributed by atoms with Gasteiger partial charge in [0.25, 0.3) is 0 Å². The normalized spacial score (nSPS) is 18.8. The van der Waals surface area contributed by atoms with Gasteiger partial charge in [-0.3, -0.25) is 4.79 Å². The molecule has 1 amide bonds. The Labute approximate surface area is 156 Å². The van der Waals surface area contributed by atoms with Crippen LogP contribution in [0, 0.1) is 11.7 Å². The Balaban J connectivity index is 1.44. The Hall–Kier alpha value is -2.12. The van der Waals surface area contributed by atoms with E-state index in [1.807, 2.05) is 30.3 Å². The zero-order chi connectivity index (χ0) is 17.4. The quantitative estimate of drug-likeness (QED) is 0.659. The minimum absolute atomic E-state index is 0.0296. The molecule has 1 aliphatic rings. The second-order valence-corrected chi connectivity index (χ2v) is 7.81. The largest absolute Gasteiger partial charge is 0.300 e. The van der Waals surface area contributed by atoms with Crippen LogP contribution in [0.4, 0.5) is 9.52 Å². The van der Waals surface area contributed by atoms with Gasteiger partial charge in [0, 0.05) is 16.0 Å². The molecule has 2 unspecified atom stereocenters. The molecule has 1 heterocycles. The maximum absolute atomic E-state index is 13.5. The second-order valence-electron chi connectivity index (χ2n) is 5.92. The van der Waals surface area contributed by atoms with E-state index >= 15 is 0 Å². The lowest BCUT2D eigenvalue weighted by Crippen LogP contribution is -2.14. The average Bonchev–Trinajstić information content (AvgIpc) is 3.27. The zero-order valence-corrected chi connectivity index (χ0v) is 15.3. The molecular weight excluding hydrogens is 405 g/mol. The highest BCUT2D eigenvalue weighted by Gasteiger charge is 2.44. The van der Waals surface area contributed by atoms with Crippen LogP contribution in [0.1, 0.15) is 17.9 Å². The van der Waals surface area contributed by atoms with Gasteiger partial charge < -0.3 is 5.32 Å². The highest BCUT2D eigenvalue weighted by Crippen LogP contribution is 2.48. The molecule has 2 atom stereocenters. The number of carbonyl (C=O) groups excluding carboxylic acids is 1. The van der Waals surface area contributed by atoms with Gasteiger partial charge in [-0.15, -0.1) is 10.2 Å². The Bertz CT molecular complexity index is 911. The van der Waals surface area contributed by atoms with Crippen molar-refractivity contribution in [1.82, 2.24) is 10.2 Å². The van der Waals surface area contributed by atoms with Crippen LogP contribution in [0.3, 0.4) is 0 Å². The van der Waals surface area contributed by atoms with Crippen LogP contribution in [0.2, 0.25) is 0 Å². The lowest BCUT2D eigenvalue weighted by Gasteiger charge is -2.01. The number of benzene rings is 2. The predicted octanol–water partition coefficient (Wildman–Crippen LogP) is 4.85. The fourth-order valence-corrected chi connectivity index (χ4v) is 4.02. The molecule has 7 heteroatoms. The number of rotatable bonds is 4. The molecule has 4 rings (SSSR count). The minimum Gasteiger partial charge on any atom is -0.300 e. The van der Waals surface area contributed by atoms with Crippen molar-refractivity contribution in [1.29, 1.82) is 0 Å². The molecule has 1 N–H and O–H groups in total. The van der Waals surface area contributed by atoms with Gasteiger partial charge in [-0.25, -0.2) is 4.39 Å². The fourth-order valence-electron chi connectivity index (χ4n) is 2.82. The summed E-state index contributed by atoms with van der Waals surface area (Å²) >= 11 is 4.49. The highest BCUT2D eigenvalue weighted by atomic mass is 79.9. The topological polar surface area (TPSA) is 54.9 Å². The lowest BCUT2D eigenvalue weighted by atomic mass is 10.1. The van der Waals surface area contributed by atoms with Crippen molar-refractivity contribution in [2.24, 2.45) is 5.92 Å². The van der Waals surface area contributed by atoms with Crippen molar-refractivity contribution in [2.45, 2.75) is 12.3 Å². The standard InChI is InChI=1S/C18H13BrFN3OS/c19-12-6-11(7-13(20)8-12)17-22-23-18(25-17)21-16(24)15-9-14(15)10-4-2-1-3-5-10/h1-8,14-15H,9H2,(H,21,23,24). The monoisotopic (exact) mass is 417 g/mol. The Morgan fingerprint density at radius 2 is 2.00 bits per heavy atom. The Morgan fingerprint density at radius 1 is 1.20 bits per heavy atom. The van der Waals surface area contributed by atoms with E-state index in [0.717, 1.165) is 6.42 Å². The second kappa shape index (κ2) is 6.65. The summed E-state index contributed by atoms with van der Waals surface area (Å²) in [6, 6.07) is 14.6. The maximum Gasteiger partial charge on any atom is 0.229 e. The van der Waals surface area contributed by atoms with E-state index in [0.29, 0.717) is 20.2 Å². The first kappa shape index (κ1) is 16.4. The number of hydrogen-bond acceptors (Lipinski definition) is 4. The van der Waals surface area contributed by atoms with Crippen LogP contribution in [0.25, 0.3) is 10.6 Å². The first-order valence-corrected chi connectivity index (χ1v) is 9.37. The number of halogens is 2. The molecule has 126 valence electrons. The SMILES string of the molecule is O=C(Nc1nnc(-c2cc(F)cc(Br)c2)s1)C1CC1c1ccccc1. The van der Waals surface area contributed by atoms with Crippen LogP contribution in [-0.2, 0) is 4.79 Å². The van der Waals surface area contributed by atoms with Crippen molar-refractivity contribution in [3.05, 3.63) is 64.4 Å². The van der Waals surface area contributed by atoms with E-state index in [1.165, 1.54) is 29.0 Å². The van der Waals surface area contributed by atoms with Crippen LogP contribution in [0.15, 0.2) is 53.0 Å². The average molecular weight is 418 g/mol. The third kappa shape index (κ3) is 3.62. The van der Waals surface area contributed by atoms with E-state index in [2.05, 4.69) is 31.4 Å². The number of hydrogen-bond donors (Lipinski definition) is 1. The Kier molecular flexibility index (Phi) is 4.35. The number of nitrogens with zero attached hydrogens (tertiary/aromatic N) is 2. The number of anilines is 1. The molecule has 2 aromatic carbocycles. The number of aromatic nitrogens is 2. The molecule has 1 aromatic heterocycles. The third-order valence-corrected chi connectivity index (χ3v) is 5.47. The minimum atomic E-state index is -0.353. The van der Waals surface area contributed by atoms with Crippen LogP contribution in [-0.4, -0.2) is 16.1 Å². The first-order chi connectivity index (χ1) is 12.1. The van der Waals surface area contributed by atoms with E-state index in [9.17, 15) is 9.18 Å². The van der Waals surface area contributed by atoms with E-state index in [-0.39, 0.29) is 23.6 Å². The molecule has 1 fully saturated rings. The summed E-state index contributed by atoms with van der Waals surface area (Å²) in [6.45, 7) is 0. The van der Waals surface area contributed by atoms with Gasteiger partial charge in [-0.2, -0.15) is 0 Å². The van der Waals surface area contributed by atoms with Gasteiger partial charge in [0.05, 0.1) is 0 Å². The molecule has 3 aromatic rings. The smallest absolute Gasteiger partial charge is 0.229 e. The number of nitrogens with one attached hydrogen (secondary N) is 1. The molecule has 0 aliphatic heterocycles. The van der Waals surface area contributed by atoms with Crippen LogP contribution in [0.5, 0.6) is 0 Å². The molecule has 0 spiro atoms. The summed E-state index contributed by atoms with van der Waals surface area (Å²) in [4.78, 5) is 12.4. The fraction of sp³-hybridized carbons (Fsp3) is 0.167. The van der Waals surface area contributed by atoms with Gasteiger partial charge in [0.15, 0.2) is 0 Å². The van der Waals surface area contributed by atoms with Gasteiger partial charge in [0.1, 0.15) is 10.8 Å². The predicted molar refractivity (Wildman–Crippen MR) is 98.9 cm³/mol. The van der Waals surface area contributed by atoms with E-state index in [1.54, 1.807) is 6.07 Å².